The van der Waals surface area contributed by atoms with Crippen molar-refractivity contribution in [2.24, 2.45) is 5.41 Å². The van der Waals surface area contributed by atoms with Crippen molar-refractivity contribution >= 4 is 30.7 Å². The van der Waals surface area contributed by atoms with Crippen LogP contribution in [0.3, 0.4) is 0 Å². The third-order valence-corrected chi connectivity index (χ3v) is 4.32. The van der Waals surface area contributed by atoms with Crippen molar-refractivity contribution in [3.8, 4) is 0 Å². The van der Waals surface area contributed by atoms with Crippen LogP contribution in [0, 0.1) is 5.41 Å². The van der Waals surface area contributed by atoms with Gasteiger partial charge in [-0.25, -0.2) is 0 Å². The fraction of sp³-hybridized carbons (Fsp3) is 0.571. The van der Waals surface area contributed by atoms with E-state index >= 15 is 0 Å². The van der Waals surface area contributed by atoms with Crippen LogP contribution in [-0.4, -0.2) is 42.0 Å². The average Bonchev–Trinajstić information content (AvgIpc) is 2.83. The zero-order chi connectivity index (χ0) is 12.4. The predicted octanol–water partition coefficient (Wildman–Crippen LogP) is 2.14. The third-order valence-electron chi connectivity index (χ3n) is 4.32. The number of nitrogens with zero attached hydrogens (tertiary/aromatic N) is 2. The fourth-order valence-electron chi connectivity index (χ4n) is 3.15. The maximum Gasteiger partial charge on any atom is 0.253 e. The Labute approximate surface area is 132 Å². The van der Waals surface area contributed by atoms with Crippen molar-refractivity contribution in [3.63, 3.8) is 0 Å². The lowest BCUT2D eigenvalue weighted by Crippen LogP contribution is -2.39. The molecule has 1 aromatic rings. The van der Waals surface area contributed by atoms with Gasteiger partial charge in [0, 0.05) is 31.0 Å². The smallest absolute Gasteiger partial charge is 0.253 e. The van der Waals surface area contributed by atoms with Gasteiger partial charge in [0.2, 0.25) is 0 Å². The molecule has 1 N–H and O–H groups in total. The SMILES string of the molecule is Cl.Cl.O=C(c1ccncc1)N1CCC2(CCNCC2)C1. The summed E-state index contributed by atoms with van der Waals surface area (Å²) in [5.74, 6) is 0.160. The lowest BCUT2D eigenvalue weighted by molar-refractivity contribution is 0.0761. The van der Waals surface area contributed by atoms with Crippen molar-refractivity contribution in [3.05, 3.63) is 30.1 Å². The predicted molar refractivity (Wildman–Crippen MR) is 83.8 cm³/mol. The van der Waals surface area contributed by atoms with E-state index in [0.29, 0.717) is 5.41 Å². The molecule has 20 heavy (non-hydrogen) atoms. The maximum atomic E-state index is 12.4. The van der Waals surface area contributed by atoms with E-state index in [1.807, 2.05) is 4.90 Å². The molecule has 0 bridgehead atoms. The number of pyridine rings is 1. The third kappa shape index (κ3) is 3.43. The molecule has 1 amide bonds. The molecule has 4 nitrogen and oxygen atoms in total. The lowest BCUT2D eigenvalue weighted by Gasteiger charge is -2.33. The van der Waals surface area contributed by atoms with Gasteiger partial charge in [0.1, 0.15) is 0 Å². The van der Waals surface area contributed by atoms with Crippen molar-refractivity contribution in [1.82, 2.24) is 15.2 Å². The first-order valence-corrected chi connectivity index (χ1v) is 6.69. The Bertz CT molecular complexity index is 435. The van der Waals surface area contributed by atoms with Gasteiger partial charge in [-0.05, 0) is 49.9 Å². The van der Waals surface area contributed by atoms with Crippen LogP contribution in [-0.2, 0) is 0 Å². The molecule has 1 aromatic heterocycles. The van der Waals surface area contributed by atoms with Gasteiger partial charge in [-0.2, -0.15) is 0 Å². The molecule has 0 aromatic carbocycles. The summed E-state index contributed by atoms with van der Waals surface area (Å²) in [6.45, 7) is 4.02. The number of piperidine rings is 1. The molecule has 0 radical (unpaired) electrons. The van der Waals surface area contributed by atoms with E-state index < -0.39 is 0 Å². The number of halogens is 2. The largest absolute Gasteiger partial charge is 0.338 e. The maximum absolute atomic E-state index is 12.4. The highest BCUT2D eigenvalue weighted by molar-refractivity contribution is 5.94. The van der Waals surface area contributed by atoms with Gasteiger partial charge in [0.15, 0.2) is 0 Å². The van der Waals surface area contributed by atoms with Crippen molar-refractivity contribution in [2.75, 3.05) is 26.2 Å². The van der Waals surface area contributed by atoms with E-state index in [1.165, 1.54) is 12.8 Å². The van der Waals surface area contributed by atoms with Crippen molar-refractivity contribution in [2.45, 2.75) is 19.3 Å². The van der Waals surface area contributed by atoms with Crippen LogP contribution in [0.15, 0.2) is 24.5 Å². The number of rotatable bonds is 1. The molecule has 0 atom stereocenters. The van der Waals surface area contributed by atoms with Gasteiger partial charge in [0.25, 0.3) is 5.91 Å². The lowest BCUT2D eigenvalue weighted by atomic mass is 9.78. The molecule has 1 spiro atoms. The van der Waals surface area contributed by atoms with E-state index in [4.69, 9.17) is 0 Å². The number of nitrogens with one attached hydrogen (secondary N) is 1. The highest BCUT2D eigenvalue weighted by atomic mass is 35.5. The number of hydrogen-bond acceptors (Lipinski definition) is 3. The van der Waals surface area contributed by atoms with E-state index in [9.17, 15) is 4.79 Å². The Morgan fingerprint density at radius 2 is 1.80 bits per heavy atom. The van der Waals surface area contributed by atoms with Crippen LogP contribution in [0.25, 0.3) is 0 Å². The van der Waals surface area contributed by atoms with Gasteiger partial charge in [-0.15, -0.1) is 24.8 Å². The first-order valence-electron chi connectivity index (χ1n) is 6.69. The molecule has 2 aliphatic rings. The van der Waals surface area contributed by atoms with Crippen molar-refractivity contribution in [1.29, 1.82) is 0 Å². The quantitative estimate of drug-likeness (QED) is 0.863. The minimum atomic E-state index is 0. The standard InChI is InChI=1S/C14H19N3O.2ClH/c18-13(12-1-6-15-7-2-12)17-10-5-14(11-17)3-8-16-9-4-14;;/h1-2,6-7,16H,3-5,8-11H2;2*1H. The number of aromatic nitrogens is 1. The highest BCUT2D eigenvalue weighted by Gasteiger charge is 2.40. The van der Waals surface area contributed by atoms with Gasteiger partial charge in [0.05, 0.1) is 0 Å². The zero-order valence-corrected chi connectivity index (χ0v) is 13.0. The molecule has 3 heterocycles. The summed E-state index contributed by atoms with van der Waals surface area (Å²) in [5.41, 5.74) is 1.14. The number of likely N-dealkylation sites (tertiary alicyclic amines) is 1. The normalized spacial score (nSPS) is 20.1. The summed E-state index contributed by atoms with van der Waals surface area (Å²) >= 11 is 0. The van der Waals surface area contributed by atoms with E-state index in [1.54, 1.807) is 24.5 Å². The molecule has 3 rings (SSSR count). The van der Waals surface area contributed by atoms with Gasteiger partial charge in [-0.3, -0.25) is 9.78 Å². The van der Waals surface area contributed by atoms with Gasteiger partial charge in [-0.1, -0.05) is 0 Å². The zero-order valence-electron chi connectivity index (χ0n) is 11.4. The second-order valence-electron chi connectivity index (χ2n) is 5.46. The second-order valence-corrected chi connectivity index (χ2v) is 5.46. The fourth-order valence-corrected chi connectivity index (χ4v) is 3.15. The molecular weight excluding hydrogens is 297 g/mol. The molecule has 0 saturated carbocycles. The molecule has 0 unspecified atom stereocenters. The second kappa shape index (κ2) is 7.25. The van der Waals surface area contributed by atoms with Gasteiger partial charge >= 0.3 is 0 Å². The Hall–Kier alpha value is -0.840. The Morgan fingerprint density at radius 1 is 1.15 bits per heavy atom. The van der Waals surface area contributed by atoms with Crippen LogP contribution < -0.4 is 5.32 Å². The summed E-state index contributed by atoms with van der Waals surface area (Å²) < 4.78 is 0. The number of hydrogen-bond donors (Lipinski definition) is 1. The molecule has 2 saturated heterocycles. The summed E-state index contributed by atoms with van der Waals surface area (Å²) in [6, 6.07) is 3.60. The molecule has 6 heteroatoms. The van der Waals surface area contributed by atoms with Crippen LogP contribution in [0.5, 0.6) is 0 Å². The first kappa shape index (κ1) is 17.2. The Balaban J connectivity index is 0.000001000. The Morgan fingerprint density at radius 3 is 2.45 bits per heavy atom. The Kier molecular flexibility index (Phi) is 6.24. The minimum Gasteiger partial charge on any atom is -0.338 e. The first-order chi connectivity index (χ1) is 8.79. The monoisotopic (exact) mass is 317 g/mol. The van der Waals surface area contributed by atoms with Crippen LogP contribution in [0.4, 0.5) is 0 Å². The van der Waals surface area contributed by atoms with E-state index in [2.05, 4.69) is 10.3 Å². The van der Waals surface area contributed by atoms with Crippen LogP contribution >= 0.6 is 24.8 Å². The van der Waals surface area contributed by atoms with Gasteiger partial charge < -0.3 is 10.2 Å². The molecule has 112 valence electrons. The summed E-state index contributed by atoms with van der Waals surface area (Å²) in [7, 11) is 0. The highest BCUT2D eigenvalue weighted by Crippen LogP contribution is 2.38. The van der Waals surface area contributed by atoms with E-state index in [0.717, 1.165) is 38.2 Å². The van der Waals surface area contributed by atoms with E-state index in [-0.39, 0.29) is 30.7 Å². The summed E-state index contributed by atoms with van der Waals surface area (Å²) in [4.78, 5) is 18.3. The van der Waals surface area contributed by atoms with Crippen molar-refractivity contribution < 1.29 is 4.79 Å². The summed E-state index contributed by atoms with van der Waals surface area (Å²) in [6.07, 6.45) is 6.93. The minimum absolute atomic E-state index is 0. The van der Waals surface area contributed by atoms with Crippen LogP contribution in [0.2, 0.25) is 0 Å². The number of carbonyl (C=O) groups is 1. The molecule has 0 aliphatic carbocycles. The van der Waals surface area contributed by atoms with Crippen LogP contribution in [0.1, 0.15) is 29.6 Å². The number of amides is 1. The average molecular weight is 318 g/mol. The topological polar surface area (TPSA) is 45.2 Å². The summed E-state index contributed by atoms with van der Waals surface area (Å²) in [5, 5.41) is 3.40. The molecular formula is C14H21Cl2N3O. The molecule has 2 aliphatic heterocycles. The molecule has 2 fully saturated rings. The number of carbonyl (C=O) groups excluding carboxylic acids is 1.